The van der Waals surface area contributed by atoms with E-state index in [0.29, 0.717) is 19.6 Å². The Hall–Kier alpha value is -3.38. The van der Waals surface area contributed by atoms with Crippen molar-refractivity contribution in [1.29, 1.82) is 0 Å². The molecule has 1 amide bonds. The number of benzene rings is 3. The van der Waals surface area contributed by atoms with Gasteiger partial charge in [0.1, 0.15) is 17.3 Å². The first-order valence-electron chi connectivity index (χ1n) is 12.5. The van der Waals surface area contributed by atoms with Gasteiger partial charge in [-0.3, -0.25) is 4.79 Å². The number of amides is 1. The second-order valence-corrected chi connectivity index (χ2v) is 9.24. The van der Waals surface area contributed by atoms with Gasteiger partial charge in [-0.25, -0.2) is 4.39 Å². The summed E-state index contributed by atoms with van der Waals surface area (Å²) in [7, 11) is 1.67. The lowest BCUT2D eigenvalue weighted by Gasteiger charge is -2.29. The minimum absolute atomic E-state index is 0.0645. The predicted octanol–water partition coefficient (Wildman–Crippen LogP) is 6.09. The van der Waals surface area contributed by atoms with Crippen molar-refractivity contribution >= 4 is 5.91 Å². The van der Waals surface area contributed by atoms with E-state index in [2.05, 4.69) is 5.32 Å². The van der Waals surface area contributed by atoms with Crippen molar-refractivity contribution in [3.63, 3.8) is 0 Å². The smallest absolute Gasteiger partial charge is 0.216 e. The fourth-order valence-electron chi connectivity index (χ4n) is 4.63. The van der Waals surface area contributed by atoms with Gasteiger partial charge in [0.2, 0.25) is 5.91 Å². The Morgan fingerprint density at radius 3 is 2.47 bits per heavy atom. The topological polar surface area (TPSA) is 56.8 Å². The van der Waals surface area contributed by atoms with Crippen molar-refractivity contribution in [3.8, 4) is 22.6 Å². The maximum Gasteiger partial charge on any atom is 0.216 e. The van der Waals surface area contributed by atoms with E-state index >= 15 is 0 Å². The van der Waals surface area contributed by atoms with Crippen molar-refractivity contribution in [2.75, 3.05) is 13.7 Å². The van der Waals surface area contributed by atoms with Gasteiger partial charge >= 0.3 is 0 Å². The lowest BCUT2D eigenvalue weighted by atomic mass is 9.94. The quantitative estimate of drug-likeness (QED) is 0.373. The molecule has 36 heavy (non-hydrogen) atoms. The number of hydrogen-bond donors (Lipinski definition) is 1. The van der Waals surface area contributed by atoms with E-state index in [1.54, 1.807) is 13.2 Å². The highest BCUT2D eigenvalue weighted by Crippen LogP contribution is 2.32. The highest BCUT2D eigenvalue weighted by molar-refractivity contribution is 5.73. The van der Waals surface area contributed by atoms with Gasteiger partial charge in [-0.2, -0.15) is 0 Å². The summed E-state index contributed by atoms with van der Waals surface area (Å²) < 4.78 is 31.7. The molecule has 0 aromatic heterocycles. The molecule has 1 saturated carbocycles. The monoisotopic (exact) mass is 491 g/mol. The van der Waals surface area contributed by atoms with Crippen LogP contribution in [0.5, 0.6) is 11.5 Å². The van der Waals surface area contributed by atoms with Crippen molar-refractivity contribution in [2.24, 2.45) is 0 Å². The third-order valence-corrected chi connectivity index (χ3v) is 6.53. The average Bonchev–Trinajstić information content (AvgIpc) is 2.89. The summed E-state index contributed by atoms with van der Waals surface area (Å²) in [5, 5.41) is 2.83. The second-order valence-electron chi connectivity index (χ2n) is 9.24. The third-order valence-electron chi connectivity index (χ3n) is 6.53. The molecule has 0 heterocycles. The standard InChI is InChI=1S/C30H34FNO4/c1-21(33)32-16-15-23-9-10-29(19-30(23)24-6-4-7-25(31)18-24)36-27-13-11-26(12-14-27)35-20-22-5-3-8-28(17-22)34-2/h3-10,17-19,26-27H,11-16,20H2,1-2H3,(H,32,33). The highest BCUT2D eigenvalue weighted by atomic mass is 19.1. The fourth-order valence-corrected chi connectivity index (χ4v) is 4.63. The number of carbonyl (C=O) groups is 1. The Morgan fingerprint density at radius 2 is 1.72 bits per heavy atom. The van der Waals surface area contributed by atoms with Gasteiger partial charge in [0.15, 0.2) is 0 Å². The molecule has 0 saturated heterocycles. The summed E-state index contributed by atoms with van der Waals surface area (Å²) >= 11 is 0. The molecule has 0 aliphatic heterocycles. The van der Waals surface area contributed by atoms with Crippen LogP contribution in [0.15, 0.2) is 66.7 Å². The maximum absolute atomic E-state index is 14.0. The van der Waals surface area contributed by atoms with Crippen molar-refractivity contribution < 1.29 is 23.4 Å². The lowest BCUT2D eigenvalue weighted by Crippen LogP contribution is -2.28. The molecule has 1 aliphatic carbocycles. The first-order chi connectivity index (χ1) is 17.5. The Bertz CT molecular complexity index is 1160. The summed E-state index contributed by atoms with van der Waals surface area (Å²) in [6, 6.07) is 20.5. The first kappa shape index (κ1) is 25.7. The maximum atomic E-state index is 14.0. The number of nitrogens with one attached hydrogen (secondary N) is 1. The van der Waals surface area contributed by atoms with E-state index in [4.69, 9.17) is 14.2 Å². The molecule has 190 valence electrons. The normalized spacial score (nSPS) is 17.4. The minimum atomic E-state index is -0.279. The fraction of sp³-hybridized carbons (Fsp3) is 0.367. The number of rotatable bonds is 10. The first-order valence-corrected chi connectivity index (χ1v) is 12.5. The number of halogens is 1. The zero-order valence-corrected chi connectivity index (χ0v) is 21.0. The Kier molecular flexibility index (Phi) is 8.95. The molecule has 1 fully saturated rings. The van der Waals surface area contributed by atoms with Crippen LogP contribution < -0.4 is 14.8 Å². The molecule has 6 heteroatoms. The highest BCUT2D eigenvalue weighted by Gasteiger charge is 2.23. The zero-order chi connectivity index (χ0) is 25.3. The Morgan fingerprint density at radius 1 is 0.944 bits per heavy atom. The van der Waals surface area contributed by atoms with E-state index in [1.165, 1.54) is 19.1 Å². The van der Waals surface area contributed by atoms with E-state index in [9.17, 15) is 9.18 Å². The van der Waals surface area contributed by atoms with E-state index in [0.717, 1.165) is 59.4 Å². The summed E-state index contributed by atoms with van der Waals surface area (Å²) in [6.07, 6.45) is 4.72. The van der Waals surface area contributed by atoms with Crippen LogP contribution >= 0.6 is 0 Å². The molecule has 5 nitrogen and oxygen atoms in total. The molecule has 0 radical (unpaired) electrons. The van der Waals surface area contributed by atoms with Crippen LogP contribution in [0.4, 0.5) is 4.39 Å². The second kappa shape index (κ2) is 12.5. The van der Waals surface area contributed by atoms with Gasteiger partial charge in [0.25, 0.3) is 0 Å². The van der Waals surface area contributed by atoms with Crippen molar-refractivity contribution in [2.45, 2.75) is 57.8 Å². The van der Waals surface area contributed by atoms with Crippen LogP contribution in [-0.4, -0.2) is 31.8 Å². The average molecular weight is 492 g/mol. The molecular weight excluding hydrogens is 457 g/mol. The van der Waals surface area contributed by atoms with E-state index in [1.807, 2.05) is 48.5 Å². The van der Waals surface area contributed by atoms with Crippen LogP contribution in [0.3, 0.4) is 0 Å². The van der Waals surface area contributed by atoms with Gasteiger partial charge in [0.05, 0.1) is 25.9 Å². The van der Waals surface area contributed by atoms with Crippen LogP contribution in [0, 0.1) is 5.82 Å². The third kappa shape index (κ3) is 7.31. The molecule has 1 N–H and O–H groups in total. The lowest BCUT2D eigenvalue weighted by molar-refractivity contribution is -0.118. The number of hydrogen-bond acceptors (Lipinski definition) is 4. The zero-order valence-electron chi connectivity index (χ0n) is 21.0. The summed E-state index contributed by atoms with van der Waals surface area (Å²) in [4.78, 5) is 11.3. The molecular formula is C30H34FNO4. The predicted molar refractivity (Wildman–Crippen MR) is 139 cm³/mol. The van der Waals surface area contributed by atoms with Crippen molar-refractivity contribution in [1.82, 2.24) is 5.32 Å². The van der Waals surface area contributed by atoms with E-state index in [-0.39, 0.29) is 23.9 Å². The molecule has 3 aromatic rings. The van der Waals surface area contributed by atoms with Crippen LogP contribution in [-0.2, 0) is 22.6 Å². The molecule has 0 bridgehead atoms. The number of ether oxygens (including phenoxy) is 3. The number of methoxy groups -OCH3 is 1. The SMILES string of the molecule is COc1cccc(COC2CCC(Oc3ccc(CCNC(C)=O)c(-c4cccc(F)c4)c3)CC2)c1. The molecule has 0 spiro atoms. The molecule has 3 aromatic carbocycles. The molecule has 0 unspecified atom stereocenters. The van der Waals surface area contributed by atoms with Crippen LogP contribution in [0.1, 0.15) is 43.7 Å². The van der Waals surface area contributed by atoms with Crippen molar-refractivity contribution in [3.05, 3.63) is 83.7 Å². The van der Waals surface area contributed by atoms with Gasteiger partial charge in [-0.15, -0.1) is 0 Å². The Labute approximate surface area is 212 Å². The largest absolute Gasteiger partial charge is 0.497 e. The molecule has 0 atom stereocenters. The van der Waals surface area contributed by atoms with E-state index < -0.39 is 0 Å². The summed E-state index contributed by atoms with van der Waals surface area (Å²) in [5.41, 5.74) is 3.87. The summed E-state index contributed by atoms with van der Waals surface area (Å²) in [6.45, 7) is 2.60. The van der Waals surface area contributed by atoms with Gasteiger partial charge in [0, 0.05) is 13.5 Å². The van der Waals surface area contributed by atoms with Crippen LogP contribution in [0.2, 0.25) is 0 Å². The Balaban J connectivity index is 1.36. The molecule has 4 rings (SSSR count). The van der Waals surface area contributed by atoms with Gasteiger partial charge < -0.3 is 19.5 Å². The van der Waals surface area contributed by atoms with Gasteiger partial charge in [-0.05, 0) is 90.8 Å². The minimum Gasteiger partial charge on any atom is -0.497 e. The molecule has 1 aliphatic rings. The van der Waals surface area contributed by atoms with Gasteiger partial charge in [-0.1, -0.05) is 30.3 Å². The summed E-state index contributed by atoms with van der Waals surface area (Å²) in [5.74, 6) is 1.27. The van der Waals surface area contributed by atoms with Crippen LogP contribution in [0.25, 0.3) is 11.1 Å². The number of carbonyl (C=O) groups excluding carboxylic acids is 1.